The van der Waals surface area contributed by atoms with Gasteiger partial charge in [0, 0.05) is 92.0 Å². The Morgan fingerprint density at radius 1 is 0.857 bits per heavy atom. The van der Waals surface area contributed by atoms with Gasteiger partial charge in [0.25, 0.3) is 0 Å². The van der Waals surface area contributed by atoms with E-state index in [0.29, 0.717) is 97.8 Å². The number of hydrogen-bond donors (Lipinski definition) is 7. The van der Waals surface area contributed by atoms with Gasteiger partial charge in [-0.15, -0.1) is 23.1 Å². The lowest BCUT2D eigenvalue weighted by atomic mass is 9.43. The molecule has 462 valence electrons. The van der Waals surface area contributed by atoms with Gasteiger partial charge in [-0.05, 0) is 163 Å². The van der Waals surface area contributed by atoms with Crippen molar-refractivity contribution in [2.75, 3.05) is 39.0 Å². The van der Waals surface area contributed by atoms with E-state index in [0.717, 1.165) is 51.4 Å². The number of aliphatic hydroxyl groups excluding tert-OH is 3. The van der Waals surface area contributed by atoms with Crippen LogP contribution in [0.5, 0.6) is 5.75 Å². The Hall–Kier alpha value is -5.06. The van der Waals surface area contributed by atoms with Gasteiger partial charge in [0.2, 0.25) is 17.7 Å². The van der Waals surface area contributed by atoms with Crippen LogP contribution in [0.1, 0.15) is 163 Å². The van der Waals surface area contributed by atoms with E-state index in [1.165, 1.54) is 32.9 Å². The molecule has 4 fully saturated rings. The van der Waals surface area contributed by atoms with Gasteiger partial charge in [-0.2, -0.15) is 0 Å². The second-order valence-corrected chi connectivity index (χ2v) is 28.4. The molecule has 1 aliphatic heterocycles. The Morgan fingerprint density at radius 2 is 1.57 bits per heavy atom. The molecule has 0 radical (unpaired) electrons. The largest absolute Gasteiger partial charge is 0.480 e. The quantitative estimate of drug-likeness (QED) is 0.0298. The fourth-order valence-corrected chi connectivity index (χ4v) is 17.7. The SMILES string of the molecule is CC1=C(C)C(=O)C(C(C)(C)CC(=O)N(C)CCN(CCCC(=O)NCCCCC(NC(=O)CC[C@@H](C)[C@H]2CC[C@H]3[C@@H]4[C@@H](O)C[C@@H]5C[C@H](O)CC[C@]5(C)[C@H]4CC[C@]23C)C(O)O)C(=O)Oc2ccc3nc(C4=NC(C(=O)O)CS4)sc3c2)=C(C)C1=O. The van der Waals surface area contributed by atoms with Gasteiger partial charge < -0.3 is 50.7 Å². The summed E-state index contributed by atoms with van der Waals surface area (Å²) in [5.41, 5.74) is 1.26. The van der Waals surface area contributed by atoms with Crippen molar-refractivity contribution < 1.29 is 63.8 Å². The summed E-state index contributed by atoms with van der Waals surface area (Å²) in [5, 5.41) is 58.9. The average molecular weight is 1200 g/mol. The van der Waals surface area contributed by atoms with Crippen molar-refractivity contribution in [1.82, 2.24) is 25.4 Å². The number of aromatic nitrogens is 1. The number of carboxylic acid groups (broad SMARTS) is 1. The zero-order valence-corrected chi connectivity index (χ0v) is 52.2. The number of nitrogens with one attached hydrogen (secondary N) is 2. The third-order valence-corrected chi connectivity index (χ3v) is 22.8. The molecular weight excluding hydrogens is 1110 g/mol. The highest BCUT2D eigenvalue weighted by Crippen LogP contribution is 2.68. The van der Waals surface area contributed by atoms with Crippen molar-refractivity contribution in [3.8, 4) is 5.75 Å². The van der Waals surface area contributed by atoms with E-state index in [4.69, 9.17) is 4.74 Å². The number of aliphatic hydroxyl groups is 4. The standard InChI is InChI=1S/C63H90N6O13S2/c1-34(41-17-18-42-52-43(22-24-63(41,42)8)62(7)23-21-39(70)29-38(62)30-47(52)71)15-20-50(73)65-45(58(77)78)13-10-11-25-64-49(72)14-12-26-69(28-27-68(9)51(74)32-61(5,6)53-37(4)54(75)35(2)36(3)55(53)76)60(81)82-40-16-19-44-48(31-40)84-57(66-44)56-67-46(33-83-56)59(79)80/h16,19,31,34,38-39,41-43,45-47,52,58,70-71,77-78H,10-15,17-18,20-30,32-33H2,1-9H3,(H,64,72)(H,65,73)(H,79,80)/t34-,38+,39-,41-,42+,43+,45?,46?,47+,52+,62+,63-/m1/s1. The summed E-state index contributed by atoms with van der Waals surface area (Å²) in [7, 11) is 1.59. The number of ether oxygens (including phenoxy) is 1. The number of amides is 4. The molecule has 4 amide bonds. The van der Waals surface area contributed by atoms with Crippen LogP contribution >= 0.6 is 23.1 Å². The molecule has 1 aromatic carbocycles. The molecule has 1 aromatic heterocycles. The zero-order valence-electron chi connectivity index (χ0n) is 50.5. The van der Waals surface area contributed by atoms with E-state index in [1.807, 2.05) is 0 Å². The molecular formula is C63H90N6O13S2. The smallest absolute Gasteiger partial charge is 0.415 e. The minimum absolute atomic E-state index is 0.0340. The zero-order chi connectivity index (χ0) is 61.2. The fourth-order valence-electron chi connectivity index (χ4n) is 15.6. The number of hydrogen-bond acceptors (Lipinski definition) is 16. The number of benzene rings is 1. The summed E-state index contributed by atoms with van der Waals surface area (Å²) >= 11 is 2.61. The number of ketones is 2. The maximum absolute atomic E-state index is 14.0. The lowest BCUT2D eigenvalue weighted by molar-refractivity contribution is -0.174. The second kappa shape index (κ2) is 26.9. The molecule has 2 aromatic rings. The van der Waals surface area contributed by atoms with Crippen molar-refractivity contribution in [2.24, 2.45) is 56.7 Å². The Labute approximate surface area is 502 Å². The molecule has 4 saturated carbocycles. The van der Waals surface area contributed by atoms with Crippen molar-refractivity contribution in [1.29, 1.82) is 0 Å². The number of carbonyl (C=O) groups excluding carboxylic acids is 6. The Balaban J connectivity index is 0.797. The van der Waals surface area contributed by atoms with Crippen LogP contribution in [0.25, 0.3) is 10.2 Å². The molecule has 21 heteroatoms. The number of thioether (sulfide) groups is 1. The lowest BCUT2D eigenvalue weighted by Gasteiger charge is -2.62. The topological polar surface area (TPSA) is 286 Å². The van der Waals surface area contributed by atoms with Crippen LogP contribution in [-0.4, -0.2) is 156 Å². The first-order valence-electron chi connectivity index (χ1n) is 30.4. The molecule has 19 nitrogen and oxygen atoms in total. The highest BCUT2D eigenvalue weighted by Gasteiger charge is 2.63. The molecule has 2 unspecified atom stereocenters. The summed E-state index contributed by atoms with van der Waals surface area (Å²) in [6, 6.07) is 3.23. The number of likely N-dealkylation sites (N-methyl/N-ethyl adjacent to an activating group) is 1. The molecule has 2 heterocycles. The van der Waals surface area contributed by atoms with Gasteiger partial charge in [-0.1, -0.05) is 34.6 Å². The van der Waals surface area contributed by atoms with Crippen LogP contribution in [0.3, 0.4) is 0 Å². The Morgan fingerprint density at radius 3 is 2.29 bits per heavy atom. The molecule has 8 rings (SSSR count). The summed E-state index contributed by atoms with van der Waals surface area (Å²) in [5.74, 6) is 0.469. The average Bonchev–Trinajstić information content (AvgIpc) is 1.35. The number of aliphatic carboxylic acids is 1. The summed E-state index contributed by atoms with van der Waals surface area (Å²) < 4.78 is 6.57. The van der Waals surface area contributed by atoms with Crippen LogP contribution < -0.4 is 15.4 Å². The number of carboxylic acids is 1. The number of carbonyl (C=O) groups is 7. The summed E-state index contributed by atoms with van der Waals surface area (Å²) in [6.07, 6.45) is 7.15. The van der Waals surface area contributed by atoms with E-state index < -0.39 is 35.9 Å². The Kier molecular flexibility index (Phi) is 20.8. The summed E-state index contributed by atoms with van der Waals surface area (Å²) in [6.45, 7) is 16.0. The number of rotatable bonds is 24. The van der Waals surface area contributed by atoms with Crippen molar-refractivity contribution in [3.05, 3.63) is 45.5 Å². The van der Waals surface area contributed by atoms with Gasteiger partial charge in [0.15, 0.2) is 23.9 Å². The molecule has 5 aliphatic carbocycles. The van der Waals surface area contributed by atoms with E-state index in [1.54, 1.807) is 59.9 Å². The monoisotopic (exact) mass is 1200 g/mol. The van der Waals surface area contributed by atoms with Gasteiger partial charge in [0.1, 0.15) is 15.8 Å². The van der Waals surface area contributed by atoms with E-state index in [9.17, 15) is 59.1 Å². The van der Waals surface area contributed by atoms with Gasteiger partial charge in [-0.25, -0.2) is 14.6 Å². The molecule has 84 heavy (non-hydrogen) atoms. The minimum atomic E-state index is -1.76. The number of thiazole rings is 1. The molecule has 7 N–H and O–H groups in total. The van der Waals surface area contributed by atoms with Crippen molar-refractivity contribution in [3.63, 3.8) is 0 Å². The first kappa shape index (κ1) is 64.9. The van der Waals surface area contributed by atoms with Crippen LogP contribution in [0.2, 0.25) is 0 Å². The lowest BCUT2D eigenvalue weighted by Crippen LogP contribution is -2.58. The molecule has 6 aliphatic rings. The number of unbranched alkanes of at least 4 members (excludes halogenated alkanes) is 1. The molecule has 0 spiro atoms. The maximum Gasteiger partial charge on any atom is 0.415 e. The predicted molar refractivity (Wildman–Crippen MR) is 322 cm³/mol. The second-order valence-electron chi connectivity index (χ2n) is 26.4. The number of allylic oxidation sites excluding steroid dienone is 4. The number of nitrogens with zero attached hydrogens (tertiary/aromatic N) is 4. The third-order valence-electron chi connectivity index (χ3n) is 20.6. The number of aliphatic imine (C=N–C) groups is 1. The highest BCUT2D eigenvalue weighted by atomic mass is 32.2. The van der Waals surface area contributed by atoms with Gasteiger partial charge >= 0.3 is 12.1 Å². The third kappa shape index (κ3) is 14.2. The van der Waals surface area contributed by atoms with Crippen LogP contribution in [0.4, 0.5) is 4.79 Å². The molecule has 0 saturated heterocycles. The van der Waals surface area contributed by atoms with Crippen LogP contribution in [0.15, 0.2) is 45.5 Å². The first-order valence-corrected chi connectivity index (χ1v) is 32.2. The van der Waals surface area contributed by atoms with Crippen LogP contribution in [-0.2, 0) is 28.8 Å². The van der Waals surface area contributed by atoms with Crippen LogP contribution in [0, 0.1) is 51.8 Å². The highest BCUT2D eigenvalue weighted by molar-refractivity contribution is 8.15. The van der Waals surface area contributed by atoms with E-state index in [2.05, 4.69) is 41.4 Å². The minimum Gasteiger partial charge on any atom is -0.480 e. The first-order chi connectivity index (χ1) is 39.6. The molecule has 0 bridgehead atoms. The normalized spacial score (nSPS) is 28.6. The number of Topliss-reactive ketones (excluding diaryl/α,β-unsaturated/α-hetero) is 2. The fraction of sp³-hybridized carbons (Fsp3) is 0.698. The van der Waals surface area contributed by atoms with Crippen molar-refractivity contribution in [2.45, 2.75) is 189 Å². The van der Waals surface area contributed by atoms with E-state index in [-0.39, 0.29) is 122 Å². The van der Waals surface area contributed by atoms with E-state index >= 15 is 0 Å². The summed E-state index contributed by atoms with van der Waals surface area (Å²) in [4.78, 5) is 104. The van der Waals surface area contributed by atoms with Crippen molar-refractivity contribution >= 4 is 79.7 Å². The molecule has 12 atom stereocenters. The maximum atomic E-state index is 14.0. The van der Waals surface area contributed by atoms with Gasteiger partial charge in [-0.3, -0.25) is 29.0 Å². The van der Waals surface area contributed by atoms with Gasteiger partial charge in [0.05, 0.1) is 28.5 Å². The number of fused-ring (bicyclic) bond motifs is 6. The predicted octanol–water partition coefficient (Wildman–Crippen LogP) is 7.99. The Bertz CT molecular complexity index is 2940.